The lowest BCUT2D eigenvalue weighted by Crippen LogP contribution is -2.25. The third-order valence-corrected chi connectivity index (χ3v) is 3.25. The van der Waals surface area contributed by atoms with Crippen LogP contribution in [0.5, 0.6) is 0 Å². The van der Waals surface area contributed by atoms with Gasteiger partial charge in [0.1, 0.15) is 0 Å². The maximum absolute atomic E-state index is 10.8. The molecule has 1 aromatic rings. The van der Waals surface area contributed by atoms with E-state index < -0.39 is 5.97 Å². The summed E-state index contributed by atoms with van der Waals surface area (Å²) in [5, 5.41) is 12.1. The zero-order valence-electron chi connectivity index (χ0n) is 11.4. The van der Waals surface area contributed by atoms with E-state index in [-0.39, 0.29) is 18.4 Å². The van der Waals surface area contributed by atoms with Crippen molar-refractivity contribution < 1.29 is 9.90 Å². The van der Waals surface area contributed by atoms with Crippen molar-refractivity contribution in [2.45, 2.75) is 39.2 Å². The molecular weight excluding hydrogens is 226 g/mol. The Labute approximate surface area is 109 Å². The Hall–Kier alpha value is -1.35. The van der Waals surface area contributed by atoms with Crippen molar-refractivity contribution in [1.29, 1.82) is 0 Å². The predicted molar refractivity (Wildman–Crippen MR) is 73.7 cm³/mol. The Morgan fingerprint density at radius 2 is 1.94 bits per heavy atom. The summed E-state index contributed by atoms with van der Waals surface area (Å²) in [6.45, 7) is 4.13. The molecule has 1 rings (SSSR count). The third kappa shape index (κ3) is 4.15. The number of hydrogen-bond donors (Lipinski definition) is 2. The molecule has 18 heavy (non-hydrogen) atoms. The second-order valence-electron chi connectivity index (χ2n) is 4.83. The number of aliphatic carboxylic acids is 1. The second kappa shape index (κ2) is 7.17. The first-order chi connectivity index (χ1) is 8.58. The van der Waals surface area contributed by atoms with Crippen LogP contribution in [0.2, 0.25) is 0 Å². The van der Waals surface area contributed by atoms with Crippen LogP contribution >= 0.6 is 0 Å². The van der Waals surface area contributed by atoms with Crippen LogP contribution in [0.3, 0.4) is 0 Å². The van der Waals surface area contributed by atoms with E-state index >= 15 is 0 Å². The molecule has 0 saturated heterocycles. The summed E-state index contributed by atoms with van der Waals surface area (Å²) < 4.78 is 0. The number of nitrogens with one attached hydrogen (secondary N) is 1. The van der Waals surface area contributed by atoms with Crippen molar-refractivity contribution in [2.24, 2.45) is 5.92 Å². The fraction of sp³-hybridized carbons (Fsp3) is 0.533. The Kier molecular flexibility index (Phi) is 5.86. The van der Waals surface area contributed by atoms with Gasteiger partial charge in [0.2, 0.25) is 0 Å². The molecule has 0 aliphatic carbocycles. The van der Waals surface area contributed by atoms with Crippen LogP contribution in [0.25, 0.3) is 0 Å². The molecule has 0 radical (unpaired) electrons. The van der Waals surface area contributed by atoms with Crippen molar-refractivity contribution >= 4 is 5.97 Å². The van der Waals surface area contributed by atoms with Gasteiger partial charge in [0, 0.05) is 12.5 Å². The number of rotatable bonds is 7. The van der Waals surface area contributed by atoms with E-state index in [1.54, 1.807) is 0 Å². The van der Waals surface area contributed by atoms with E-state index in [0.717, 1.165) is 18.4 Å². The highest BCUT2D eigenvalue weighted by Gasteiger charge is 2.19. The molecule has 2 N–H and O–H groups in total. The summed E-state index contributed by atoms with van der Waals surface area (Å²) in [5.74, 6) is -0.671. The molecule has 0 spiro atoms. The normalized spacial score (nSPS) is 14.2. The molecule has 2 unspecified atom stereocenters. The molecule has 3 heteroatoms. The fourth-order valence-electron chi connectivity index (χ4n) is 2.35. The van der Waals surface area contributed by atoms with E-state index in [1.807, 2.05) is 14.0 Å². The van der Waals surface area contributed by atoms with E-state index in [1.165, 1.54) is 5.56 Å². The first kappa shape index (κ1) is 14.7. The highest BCUT2D eigenvalue weighted by atomic mass is 16.4. The Morgan fingerprint density at radius 1 is 1.33 bits per heavy atom. The van der Waals surface area contributed by atoms with Crippen LogP contribution < -0.4 is 5.32 Å². The van der Waals surface area contributed by atoms with Crippen LogP contribution in [0.1, 0.15) is 43.9 Å². The van der Waals surface area contributed by atoms with Crippen LogP contribution in [-0.2, 0) is 11.2 Å². The number of carboxylic acids is 1. The summed E-state index contributed by atoms with van der Waals surface area (Å²) in [4.78, 5) is 10.8. The molecule has 0 aliphatic rings. The Bertz CT molecular complexity index is 373. The van der Waals surface area contributed by atoms with Gasteiger partial charge in [-0.3, -0.25) is 4.79 Å². The second-order valence-corrected chi connectivity index (χ2v) is 4.83. The van der Waals surface area contributed by atoms with Gasteiger partial charge >= 0.3 is 5.97 Å². The lowest BCUT2D eigenvalue weighted by atomic mass is 9.91. The molecule has 0 aliphatic heterocycles. The number of hydrogen-bond acceptors (Lipinski definition) is 2. The van der Waals surface area contributed by atoms with Crippen molar-refractivity contribution in [1.82, 2.24) is 5.32 Å². The third-order valence-electron chi connectivity index (χ3n) is 3.25. The van der Waals surface area contributed by atoms with Crippen LogP contribution in [0.4, 0.5) is 0 Å². The highest BCUT2D eigenvalue weighted by Crippen LogP contribution is 2.24. The van der Waals surface area contributed by atoms with Gasteiger partial charge < -0.3 is 10.4 Å². The summed E-state index contributed by atoms with van der Waals surface area (Å²) >= 11 is 0. The summed E-state index contributed by atoms with van der Waals surface area (Å²) in [6.07, 6.45) is 2.42. The highest BCUT2D eigenvalue weighted by molar-refractivity contribution is 5.67. The smallest absolute Gasteiger partial charge is 0.303 e. The van der Waals surface area contributed by atoms with E-state index in [9.17, 15) is 4.79 Å². The standard InChI is InChI=1S/C15H23NO2/c1-4-5-12-6-8-13(9-7-12)15(16-3)11(2)10-14(17)18/h6-9,11,15-16H,4-5,10H2,1-3H3,(H,17,18). The van der Waals surface area contributed by atoms with Gasteiger partial charge in [-0.15, -0.1) is 0 Å². The van der Waals surface area contributed by atoms with Crippen LogP contribution in [-0.4, -0.2) is 18.1 Å². The zero-order chi connectivity index (χ0) is 13.5. The predicted octanol–water partition coefficient (Wildman–Crippen LogP) is 3.01. The van der Waals surface area contributed by atoms with E-state index in [0.29, 0.717) is 0 Å². The lowest BCUT2D eigenvalue weighted by molar-refractivity contribution is -0.138. The number of carboxylic acid groups (broad SMARTS) is 1. The first-order valence-corrected chi connectivity index (χ1v) is 6.56. The number of benzene rings is 1. The van der Waals surface area contributed by atoms with Gasteiger partial charge in [-0.25, -0.2) is 0 Å². The Balaban J connectivity index is 2.78. The molecule has 100 valence electrons. The molecule has 0 fully saturated rings. The molecular formula is C15H23NO2. The SMILES string of the molecule is CCCc1ccc(C(NC)C(C)CC(=O)O)cc1. The maximum atomic E-state index is 10.8. The maximum Gasteiger partial charge on any atom is 0.303 e. The minimum absolute atomic E-state index is 0.0736. The number of carbonyl (C=O) groups is 1. The fourth-order valence-corrected chi connectivity index (χ4v) is 2.35. The van der Waals surface area contributed by atoms with Crippen LogP contribution in [0, 0.1) is 5.92 Å². The number of aryl methyl sites for hydroxylation is 1. The zero-order valence-corrected chi connectivity index (χ0v) is 11.4. The van der Waals surface area contributed by atoms with Crippen molar-refractivity contribution in [3.8, 4) is 0 Å². The average Bonchev–Trinajstić information content (AvgIpc) is 2.31. The molecule has 2 atom stereocenters. The van der Waals surface area contributed by atoms with Gasteiger partial charge in [-0.2, -0.15) is 0 Å². The minimum atomic E-state index is -0.745. The largest absolute Gasteiger partial charge is 0.481 e. The summed E-state index contributed by atoms with van der Waals surface area (Å²) in [5.41, 5.74) is 2.49. The first-order valence-electron chi connectivity index (χ1n) is 6.56. The molecule has 0 amide bonds. The minimum Gasteiger partial charge on any atom is -0.481 e. The summed E-state index contributed by atoms with van der Waals surface area (Å²) in [7, 11) is 1.88. The molecule has 3 nitrogen and oxygen atoms in total. The van der Waals surface area contributed by atoms with Crippen LogP contribution in [0.15, 0.2) is 24.3 Å². The molecule has 1 aromatic carbocycles. The van der Waals surface area contributed by atoms with Gasteiger partial charge in [0.15, 0.2) is 0 Å². The molecule has 0 heterocycles. The summed E-state index contributed by atoms with van der Waals surface area (Å²) in [6, 6.07) is 8.57. The topological polar surface area (TPSA) is 49.3 Å². The van der Waals surface area contributed by atoms with Gasteiger partial charge in [-0.1, -0.05) is 44.5 Å². The monoisotopic (exact) mass is 249 g/mol. The van der Waals surface area contributed by atoms with Crippen molar-refractivity contribution in [2.75, 3.05) is 7.05 Å². The molecule has 0 bridgehead atoms. The van der Waals surface area contributed by atoms with Crippen molar-refractivity contribution in [3.63, 3.8) is 0 Å². The van der Waals surface area contributed by atoms with E-state index in [2.05, 4.69) is 36.5 Å². The Morgan fingerprint density at radius 3 is 2.39 bits per heavy atom. The lowest BCUT2D eigenvalue weighted by Gasteiger charge is -2.23. The van der Waals surface area contributed by atoms with E-state index in [4.69, 9.17) is 5.11 Å². The van der Waals surface area contributed by atoms with Gasteiger partial charge in [0.25, 0.3) is 0 Å². The quantitative estimate of drug-likeness (QED) is 0.781. The molecule has 0 saturated carbocycles. The van der Waals surface area contributed by atoms with Crippen molar-refractivity contribution in [3.05, 3.63) is 35.4 Å². The van der Waals surface area contributed by atoms with Gasteiger partial charge in [0.05, 0.1) is 0 Å². The van der Waals surface area contributed by atoms with Gasteiger partial charge in [-0.05, 0) is 30.5 Å². The average molecular weight is 249 g/mol. The molecule has 0 aromatic heterocycles.